The lowest BCUT2D eigenvalue weighted by Gasteiger charge is -2.15. The van der Waals surface area contributed by atoms with Crippen LogP contribution in [0.3, 0.4) is 0 Å². The molecule has 0 aromatic carbocycles. The Labute approximate surface area is 76.4 Å². The van der Waals surface area contributed by atoms with E-state index in [0.717, 1.165) is 18.3 Å². The van der Waals surface area contributed by atoms with E-state index in [1.165, 1.54) is 25.7 Å². The second-order valence-electron chi connectivity index (χ2n) is 2.93. The van der Waals surface area contributed by atoms with Crippen LogP contribution >= 0.6 is 12.6 Å². The summed E-state index contributed by atoms with van der Waals surface area (Å²) in [7, 11) is 0. The Morgan fingerprint density at radius 3 is 2.55 bits per heavy atom. The highest BCUT2D eigenvalue weighted by Crippen LogP contribution is 2.03. The van der Waals surface area contributed by atoms with Gasteiger partial charge < -0.3 is 5.32 Å². The van der Waals surface area contributed by atoms with E-state index in [2.05, 4.69) is 31.8 Å². The van der Waals surface area contributed by atoms with Crippen molar-refractivity contribution in [2.24, 2.45) is 0 Å². The van der Waals surface area contributed by atoms with Crippen molar-refractivity contribution >= 4 is 12.6 Å². The van der Waals surface area contributed by atoms with Gasteiger partial charge in [0.05, 0.1) is 0 Å². The van der Waals surface area contributed by atoms with Crippen LogP contribution in [0.4, 0.5) is 0 Å². The number of rotatable bonds is 7. The molecule has 0 heterocycles. The van der Waals surface area contributed by atoms with Crippen molar-refractivity contribution in [1.29, 1.82) is 0 Å². The van der Waals surface area contributed by atoms with E-state index in [0.29, 0.717) is 0 Å². The first-order valence-corrected chi connectivity index (χ1v) is 5.32. The zero-order valence-corrected chi connectivity index (χ0v) is 8.66. The Morgan fingerprint density at radius 1 is 1.36 bits per heavy atom. The van der Waals surface area contributed by atoms with E-state index in [9.17, 15) is 0 Å². The number of hydrogen-bond acceptors (Lipinski definition) is 2. The highest BCUT2D eigenvalue weighted by Gasteiger charge is 2.02. The normalized spacial score (nSPS) is 13.4. The predicted molar refractivity (Wildman–Crippen MR) is 55.5 cm³/mol. The molecule has 11 heavy (non-hydrogen) atoms. The zero-order valence-electron chi connectivity index (χ0n) is 7.77. The Hall–Kier alpha value is 0.310. The third kappa shape index (κ3) is 6.70. The molecule has 0 amide bonds. The molecule has 0 aliphatic carbocycles. The van der Waals surface area contributed by atoms with E-state index in [1.54, 1.807) is 0 Å². The molecular formula is C9H21NS. The first-order chi connectivity index (χ1) is 5.35. The number of thiol groups is 1. The Morgan fingerprint density at radius 2 is 2.09 bits per heavy atom. The van der Waals surface area contributed by atoms with Gasteiger partial charge in [-0.15, -0.1) is 0 Å². The molecular weight excluding hydrogens is 154 g/mol. The van der Waals surface area contributed by atoms with Gasteiger partial charge in [0.15, 0.2) is 0 Å². The number of hydrogen-bond donors (Lipinski definition) is 2. The van der Waals surface area contributed by atoms with Crippen LogP contribution in [0.15, 0.2) is 0 Å². The smallest absolute Gasteiger partial charge is 0.00647 e. The fourth-order valence-corrected chi connectivity index (χ4v) is 1.30. The lowest BCUT2D eigenvalue weighted by atomic mass is 10.1. The maximum Gasteiger partial charge on any atom is 0.00647 e. The zero-order chi connectivity index (χ0) is 8.53. The van der Waals surface area contributed by atoms with Crippen LogP contribution in [0.1, 0.15) is 39.5 Å². The van der Waals surface area contributed by atoms with E-state index in [4.69, 9.17) is 0 Å². The van der Waals surface area contributed by atoms with Gasteiger partial charge in [-0.3, -0.25) is 0 Å². The largest absolute Gasteiger partial charge is 0.313 e. The monoisotopic (exact) mass is 175 g/mol. The maximum absolute atomic E-state index is 4.16. The third-order valence-electron chi connectivity index (χ3n) is 1.94. The van der Waals surface area contributed by atoms with Crippen molar-refractivity contribution < 1.29 is 0 Å². The van der Waals surface area contributed by atoms with Crippen molar-refractivity contribution in [2.75, 3.05) is 12.3 Å². The molecule has 2 heteroatoms. The highest BCUT2D eigenvalue weighted by molar-refractivity contribution is 7.80. The molecule has 0 rings (SSSR count). The predicted octanol–water partition coefficient (Wildman–Crippen LogP) is 2.47. The van der Waals surface area contributed by atoms with Crippen molar-refractivity contribution in [3.8, 4) is 0 Å². The van der Waals surface area contributed by atoms with Gasteiger partial charge in [-0.25, -0.2) is 0 Å². The van der Waals surface area contributed by atoms with Crippen LogP contribution in [-0.4, -0.2) is 18.3 Å². The van der Waals surface area contributed by atoms with Crippen LogP contribution < -0.4 is 5.32 Å². The second kappa shape index (κ2) is 8.41. The van der Waals surface area contributed by atoms with Crippen LogP contribution in [-0.2, 0) is 0 Å². The molecule has 0 aliphatic rings. The lowest BCUT2D eigenvalue weighted by molar-refractivity contribution is 0.466. The van der Waals surface area contributed by atoms with Gasteiger partial charge in [0.2, 0.25) is 0 Å². The molecule has 0 spiro atoms. The van der Waals surface area contributed by atoms with Crippen LogP contribution in [0.5, 0.6) is 0 Å². The summed E-state index contributed by atoms with van der Waals surface area (Å²) >= 11 is 4.16. The molecule has 1 unspecified atom stereocenters. The minimum absolute atomic E-state index is 0.724. The second-order valence-corrected chi connectivity index (χ2v) is 3.37. The summed E-state index contributed by atoms with van der Waals surface area (Å²) in [5, 5.41) is 3.48. The van der Waals surface area contributed by atoms with Crippen molar-refractivity contribution in [3.63, 3.8) is 0 Å². The fraction of sp³-hybridized carbons (Fsp3) is 1.00. The average molecular weight is 175 g/mol. The Balaban J connectivity index is 3.25. The van der Waals surface area contributed by atoms with Crippen LogP contribution in [0, 0.1) is 0 Å². The highest BCUT2D eigenvalue weighted by atomic mass is 32.1. The summed E-state index contributed by atoms with van der Waals surface area (Å²) in [5.41, 5.74) is 0. The molecule has 1 atom stereocenters. The van der Waals surface area contributed by atoms with E-state index in [-0.39, 0.29) is 0 Å². The van der Waals surface area contributed by atoms with Crippen molar-refractivity contribution in [2.45, 2.75) is 45.6 Å². The van der Waals surface area contributed by atoms with Crippen LogP contribution in [0.25, 0.3) is 0 Å². The van der Waals surface area contributed by atoms with Gasteiger partial charge in [0.25, 0.3) is 0 Å². The molecule has 0 aromatic heterocycles. The molecule has 0 saturated heterocycles. The molecule has 0 radical (unpaired) electrons. The van der Waals surface area contributed by atoms with E-state index in [1.807, 2.05) is 0 Å². The first-order valence-electron chi connectivity index (χ1n) is 4.69. The van der Waals surface area contributed by atoms with Gasteiger partial charge in [0.1, 0.15) is 0 Å². The summed E-state index contributed by atoms with van der Waals surface area (Å²) in [6.45, 7) is 5.53. The average Bonchev–Trinajstić information content (AvgIpc) is 2.05. The molecule has 0 aliphatic heterocycles. The van der Waals surface area contributed by atoms with E-state index >= 15 is 0 Å². The van der Waals surface area contributed by atoms with Gasteiger partial charge in [0, 0.05) is 18.3 Å². The molecule has 1 nitrogen and oxygen atoms in total. The molecule has 0 fully saturated rings. The maximum atomic E-state index is 4.16. The van der Waals surface area contributed by atoms with Gasteiger partial charge in [-0.2, -0.15) is 12.6 Å². The number of nitrogens with one attached hydrogen (secondary N) is 1. The summed E-state index contributed by atoms with van der Waals surface area (Å²) in [6, 6.07) is 0.724. The van der Waals surface area contributed by atoms with Crippen molar-refractivity contribution in [1.82, 2.24) is 5.32 Å². The minimum atomic E-state index is 0.724. The Bertz CT molecular complexity index is 68.0. The number of unbranched alkanes of at least 4 members (excludes halogenated alkanes) is 1. The minimum Gasteiger partial charge on any atom is -0.313 e. The Kier molecular flexibility index (Phi) is 8.64. The summed E-state index contributed by atoms with van der Waals surface area (Å²) in [4.78, 5) is 0. The summed E-state index contributed by atoms with van der Waals surface area (Å²) in [6.07, 6.45) is 5.21. The molecule has 1 N–H and O–H groups in total. The van der Waals surface area contributed by atoms with Gasteiger partial charge >= 0.3 is 0 Å². The van der Waals surface area contributed by atoms with Gasteiger partial charge in [-0.05, 0) is 12.8 Å². The lowest BCUT2D eigenvalue weighted by Crippen LogP contribution is -2.29. The fourth-order valence-electron chi connectivity index (χ4n) is 1.17. The SMILES string of the molecule is CCCCC(CC)NCCS. The van der Waals surface area contributed by atoms with Crippen molar-refractivity contribution in [3.05, 3.63) is 0 Å². The van der Waals surface area contributed by atoms with E-state index < -0.39 is 0 Å². The molecule has 68 valence electrons. The standard InChI is InChI=1S/C9H21NS/c1-3-5-6-9(4-2)10-7-8-11/h9-11H,3-8H2,1-2H3. The quantitative estimate of drug-likeness (QED) is 0.566. The van der Waals surface area contributed by atoms with Gasteiger partial charge in [-0.1, -0.05) is 26.7 Å². The summed E-state index contributed by atoms with van der Waals surface area (Å²) in [5.74, 6) is 0.947. The topological polar surface area (TPSA) is 12.0 Å². The summed E-state index contributed by atoms with van der Waals surface area (Å²) < 4.78 is 0. The van der Waals surface area contributed by atoms with Crippen LogP contribution in [0.2, 0.25) is 0 Å². The molecule has 0 aromatic rings. The first kappa shape index (κ1) is 11.3. The molecule has 0 saturated carbocycles. The third-order valence-corrected chi connectivity index (χ3v) is 2.17. The molecule has 0 bridgehead atoms.